The van der Waals surface area contributed by atoms with Crippen LogP contribution in [0.2, 0.25) is 0 Å². The number of sulfonamides is 1. The van der Waals surface area contributed by atoms with Gasteiger partial charge in [0, 0.05) is 25.2 Å². The molecule has 0 saturated carbocycles. The number of hydrogen-bond donors (Lipinski definition) is 0. The molecule has 0 atom stereocenters. The Bertz CT molecular complexity index is 1070. The molecule has 0 unspecified atom stereocenters. The minimum Gasteiger partial charge on any atom is -0.493 e. The highest BCUT2D eigenvalue weighted by atomic mass is 32.2. The van der Waals surface area contributed by atoms with E-state index in [4.69, 9.17) is 9.47 Å². The number of ether oxygens (including phenoxy) is 2. The van der Waals surface area contributed by atoms with E-state index in [0.29, 0.717) is 23.5 Å². The van der Waals surface area contributed by atoms with E-state index in [1.165, 1.54) is 26.2 Å². The zero-order valence-corrected chi connectivity index (χ0v) is 16.6. The van der Waals surface area contributed by atoms with E-state index in [-0.39, 0.29) is 16.5 Å². The van der Waals surface area contributed by atoms with Crippen molar-refractivity contribution >= 4 is 28.0 Å². The number of nitrogens with zero attached hydrogens (tertiary/aromatic N) is 2. The van der Waals surface area contributed by atoms with Gasteiger partial charge in [-0.1, -0.05) is 24.3 Å². The summed E-state index contributed by atoms with van der Waals surface area (Å²) in [7, 11) is -0.709. The summed E-state index contributed by atoms with van der Waals surface area (Å²) in [6, 6.07) is 13.4. The Morgan fingerprint density at radius 1 is 1.14 bits per heavy atom. The summed E-state index contributed by atoms with van der Waals surface area (Å²) in [6.45, 7) is 2.37. The van der Waals surface area contributed by atoms with Crippen molar-refractivity contribution in [3.63, 3.8) is 0 Å². The Morgan fingerprint density at radius 3 is 2.61 bits per heavy atom. The van der Waals surface area contributed by atoms with Gasteiger partial charge in [0.05, 0.1) is 11.5 Å². The van der Waals surface area contributed by atoms with Gasteiger partial charge in [0.15, 0.2) is 5.70 Å². The number of aliphatic imine (C=N–C) groups is 1. The molecule has 2 aromatic rings. The van der Waals surface area contributed by atoms with Crippen LogP contribution in [0.1, 0.15) is 18.1 Å². The summed E-state index contributed by atoms with van der Waals surface area (Å²) in [6.07, 6.45) is 1.58. The minimum absolute atomic E-state index is 0.0564. The second kappa shape index (κ2) is 7.95. The van der Waals surface area contributed by atoms with Crippen LogP contribution in [0.5, 0.6) is 5.75 Å². The zero-order chi connectivity index (χ0) is 20.3. The van der Waals surface area contributed by atoms with Crippen molar-refractivity contribution in [1.82, 2.24) is 4.31 Å². The van der Waals surface area contributed by atoms with E-state index < -0.39 is 16.0 Å². The lowest BCUT2D eigenvalue weighted by molar-refractivity contribution is -0.129. The second-order valence-electron chi connectivity index (χ2n) is 6.12. The molecule has 0 N–H and O–H groups in total. The number of para-hydroxylation sites is 1. The van der Waals surface area contributed by atoms with Gasteiger partial charge in [-0.3, -0.25) is 0 Å². The molecule has 0 bridgehead atoms. The summed E-state index contributed by atoms with van der Waals surface area (Å²) in [4.78, 5) is 16.6. The maximum Gasteiger partial charge on any atom is 0.363 e. The molecule has 7 nitrogen and oxygen atoms in total. The Morgan fingerprint density at radius 2 is 1.89 bits per heavy atom. The molecule has 0 saturated heterocycles. The summed E-state index contributed by atoms with van der Waals surface area (Å²) >= 11 is 0. The van der Waals surface area contributed by atoms with Crippen LogP contribution in [0.3, 0.4) is 0 Å². The number of carbonyl (C=O) groups excluding carboxylic acids is 1. The van der Waals surface area contributed by atoms with Crippen molar-refractivity contribution < 1.29 is 22.7 Å². The van der Waals surface area contributed by atoms with Gasteiger partial charge in [0.25, 0.3) is 0 Å². The molecule has 0 fully saturated rings. The highest BCUT2D eigenvalue weighted by Crippen LogP contribution is 2.25. The van der Waals surface area contributed by atoms with Crippen molar-refractivity contribution in [2.45, 2.75) is 11.8 Å². The molecule has 2 aromatic carbocycles. The fraction of sp³-hybridized carbons (Fsp3) is 0.200. The Balaban J connectivity index is 1.97. The standard InChI is InChI=1S/C20H20N2O5S/c1-4-26-18-11-6-5-8-14(18)13-17-20(23)27-19(21-17)15-9-7-10-16(12-15)28(24,25)22(2)3/h5-13H,4H2,1-3H3/b17-13-. The fourth-order valence-corrected chi connectivity index (χ4v) is 3.52. The van der Waals surface area contributed by atoms with E-state index in [9.17, 15) is 13.2 Å². The van der Waals surface area contributed by atoms with Crippen LogP contribution < -0.4 is 4.74 Å². The van der Waals surface area contributed by atoms with Crippen LogP contribution in [0, 0.1) is 0 Å². The Hall–Kier alpha value is -2.97. The molecule has 1 heterocycles. The first-order valence-corrected chi connectivity index (χ1v) is 10.0. The van der Waals surface area contributed by atoms with E-state index in [1.807, 2.05) is 25.1 Å². The average molecular weight is 400 g/mol. The van der Waals surface area contributed by atoms with Crippen LogP contribution in [-0.4, -0.2) is 45.3 Å². The quantitative estimate of drug-likeness (QED) is 0.550. The minimum atomic E-state index is -3.61. The van der Waals surface area contributed by atoms with Gasteiger partial charge in [-0.15, -0.1) is 0 Å². The smallest absolute Gasteiger partial charge is 0.363 e. The van der Waals surface area contributed by atoms with Gasteiger partial charge in [0.2, 0.25) is 15.9 Å². The number of benzene rings is 2. The van der Waals surface area contributed by atoms with Crippen LogP contribution in [0.4, 0.5) is 0 Å². The van der Waals surface area contributed by atoms with Crippen LogP contribution in [-0.2, 0) is 19.6 Å². The molecular formula is C20H20N2O5S. The molecule has 3 rings (SSSR count). The highest BCUT2D eigenvalue weighted by Gasteiger charge is 2.26. The molecule has 28 heavy (non-hydrogen) atoms. The highest BCUT2D eigenvalue weighted by molar-refractivity contribution is 7.89. The Kier molecular flexibility index (Phi) is 5.62. The van der Waals surface area contributed by atoms with Gasteiger partial charge in [-0.25, -0.2) is 22.5 Å². The van der Waals surface area contributed by atoms with Crippen molar-refractivity contribution in [3.8, 4) is 5.75 Å². The lowest BCUT2D eigenvalue weighted by Gasteiger charge is -2.11. The second-order valence-corrected chi connectivity index (χ2v) is 8.27. The fourth-order valence-electron chi connectivity index (χ4n) is 2.57. The lowest BCUT2D eigenvalue weighted by Crippen LogP contribution is -2.22. The molecule has 8 heteroatoms. The first-order valence-electron chi connectivity index (χ1n) is 8.60. The maximum absolute atomic E-state index is 12.3. The summed E-state index contributed by atoms with van der Waals surface area (Å²) in [5, 5.41) is 0. The number of cyclic esters (lactones) is 1. The van der Waals surface area contributed by atoms with Gasteiger partial charge in [-0.05, 0) is 37.3 Å². The van der Waals surface area contributed by atoms with Gasteiger partial charge < -0.3 is 9.47 Å². The molecule has 0 aliphatic carbocycles. The van der Waals surface area contributed by atoms with E-state index in [2.05, 4.69) is 4.99 Å². The van der Waals surface area contributed by atoms with Crippen molar-refractivity contribution in [2.24, 2.45) is 4.99 Å². The van der Waals surface area contributed by atoms with Crippen molar-refractivity contribution in [1.29, 1.82) is 0 Å². The lowest BCUT2D eigenvalue weighted by atomic mass is 10.1. The third-order valence-corrected chi connectivity index (χ3v) is 5.80. The molecule has 1 aliphatic heterocycles. The number of esters is 1. The van der Waals surface area contributed by atoms with Gasteiger partial charge in [-0.2, -0.15) is 0 Å². The molecule has 0 amide bonds. The van der Waals surface area contributed by atoms with Gasteiger partial charge in [0.1, 0.15) is 5.75 Å². The molecule has 0 spiro atoms. The van der Waals surface area contributed by atoms with Crippen molar-refractivity contribution in [3.05, 3.63) is 65.4 Å². The summed E-state index contributed by atoms with van der Waals surface area (Å²) in [5.74, 6) is 0.0798. The third-order valence-electron chi connectivity index (χ3n) is 3.99. The first-order chi connectivity index (χ1) is 13.3. The molecule has 0 aromatic heterocycles. The monoisotopic (exact) mass is 400 g/mol. The normalized spacial score (nSPS) is 15.6. The predicted octanol–water partition coefficient (Wildman–Crippen LogP) is 2.68. The van der Waals surface area contributed by atoms with Crippen LogP contribution in [0.15, 0.2) is 64.1 Å². The first kappa shape index (κ1) is 19.8. The van der Waals surface area contributed by atoms with Crippen molar-refractivity contribution in [2.75, 3.05) is 20.7 Å². The molecular weight excluding hydrogens is 380 g/mol. The largest absolute Gasteiger partial charge is 0.493 e. The van der Waals surface area contributed by atoms with Crippen LogP contribution in [0.25, 0.3) is 6.08 Å². The third kappa shape index (κ3) is 3.97. The summed E-state index contributed by atoms with van der Waals surface area (Å²) in [5.41, 5.74) is 1.21. The molecule has 146 valence electrons. The van der Waals surface area contributed by atoms with E-state index >= 15 is 0 Å². The topological polar surface area (TPSA) is 85.3 Å². The van der Waals surface area contributed by atoms with Gasteiger partial charge >= 0.3 is 5.97 Å². The number of carbonyl (C=O) groups is 1. The van der Waals surface area contributed by atoms with E-state index in [1.54, 1.807) is 24.3 Å². The maximum atomic E-state index is 12.3. The zero-order valence-electron chi connectivity index (χ0n) is 15.7. The summed E-state index contributed by atoms with van der Waals surface area (Å²) < 4.78 is 36.6. The number of rotatable bonds is 6. The van der Waals surface area contributed by atoms with Crippen LogP contribution >= 0.6 is 0 Å². The molecule has 0 radical (unpaired) electrons. The Labute approximate surface area is 164 Å². The van der Waals surface area contributed by atoms with E-state index in [0.717, 1.165) is 4.31 Å². The SMILES string of the molecule is CCOc1ccccc1/C=C1\N=C(c2cccc(S(=O)(=O)N(C)C)c2)OC1=O. The predicted molar refractivity (Wildman–Crippen MR) is 106 cm³/mol. The average Bonchev–Trinajstić information content (AvgIpc) is 3.04. The number of hydrogen-bond acceptors (Lipinski definition) is 6. The molecule has 1 aliphatic rings.